The highest BCUT2D eigenvalue weighted by Crippen LogP contribution is 2.43. The quantitative estimate of drug-likeness (QED) is 0.0155. The Morgan fingerprint density at radius 3 is 1.94 bits per heavy atom. The van der Waals surface area contributed by atoms with Gasteiger partial charge in [0, 0.05) is 25.2 Å². The van der Waals surface area contributed by atoms with Gasteiger partial charge >= 0.3 is 25.7 Å². The van der Waals surface area contributed by atoms with Gasteiger partial charge in [-0.1, -0.05) is 118 Å². The van der Waals surface area contributed by atoms with Gasteiger partial charge in [-0.25, -0.2) is 4.57 Å². The minimum atomic E-state index is -4.81. The molecule has 1 aliphatic heterocycles. The molecule has 0 aromatic carbocycles. The van der Waals surface area contributed by atoms with Crippen LogP contribution >= 0.6 is 7.82 Å². The van der Waals surface area contributed by atoms with Crippen LogP contribution in [0.25, 0.3) is 0 Å². The average molecular weight is 896 g/mol. The Hall–Kier alpha value is -3.50. The highest BCUT2D eigenvalue weighted by atomic mass is 31.2. The number of allylic oxidation sites excluding steroid dienone is 12. The summed E-state index contributed by atoms with van der Waals surface area (Å²) in [6, 6.07) is -1.58. The van der Waals surface area contributed by atoms with Crippen molar-refractivity contribution in [2.24, 2.45) is 11.7 Å². The molecule has 0 radical (unpaired) electrons. The van der Waals surface area contributed by atoms with Gasteiger partial charge in [0.05, 0.1) is 31.5 Å². The smallest absolute Gasteiger partial charge is 0.472 e. The van der Waals surface area contributed by atoms with Gasteiger partial charge in [0.2, 0.25) is 0 Å². The number of hydrogen-bond donors (Lipinski definition) is 6. The number of ether oxygens (including phenoxy) is 3. The maximum absolute atomic E-state index is 12.7. The molecule has 352 valence electrons. The van der Waals surface area contributed by atoms with Crippen LogP contribution < -0.4 is 5.73 Å². The number of aliphatic hydroxyl groups excluding tert-OH is 3. The number of nitrogens with two attached hydrogens (primary N) is 1. The summed E-state index contributed by atoms with van der Waals surface area (Å²) in [5.74, 6) is -3.04. The predicted molar refractivity (Wildman–Crippen MR) is 238 cm³/mol. The SMILES string of the molecule is CC/C=C\C/C=C\C/C=C\C/C=C\C/C=C\CCCC(=O)O[C@H](COC(=O)CCC/C=C\C[C@H]1[C@@H](O)CC(O)O[C@@H]1/C=C/[C@@H](O)CCCCC)COP(=O)(O)OC[C@H](N)C(=O)O. The van der Waals surface area contributed by atoms with Gasteiger partial charge in [-0.05, 0) is 70.6 Å². The number of phosphoric acid groups is 1. The van der Waals surface area contributed by atoms with E-state index >= 15 is 0 Å². The molecule has 0 amide bonds. The van der Waals surface area contributed by atoms with E-state index in [2.05, 4.69) is 67.0 Å². The molecular weight excluding hydrogens is 821 g/mol. The Bertz CT molecular complexity index is 1490. The minimum Gasteiger partial charge on any atom is -0.480 e. The molecule has 15 nitrogen and oxygen atoms in total. The number of aliphatic carboxylic acids is 1. The van der Waals surface area contributed by atoms with Crippen LogP contribution in [0.4, 0.5) is 0 Å². The average Bonchev–Trinajstić information content (AvgIpc) is 3.23. The summed E-state index contributed by atoms with van der Waals surface area (Å²) in [4.78, 5) is 46.2. The molecule has 0 bridgehead atoms. The third-order valence-electron chi connectivity index (χ3n) is 9.42. The highest BCUT2D eigenvalue weighted by molar-refractivity contribution is 7.47. The molecule has 0 saturated carbocycles. The molecular formula is C46H74NO14P. The minimum absolute atomic E-state index is 0.0103. The van der Waals surface area contributed by atoms with Crippen LogP contribution in [0.15, 0.2) is 85.1 Å². The fourth-order valence-electron chi connectivity index (χ4n) is 5.90. The second-order valence-electron chi connectivity index (χ2n) is 15.0. The fraction of sp³-hybridized carbons (Fsp3) is 0.630. The van der Waals surface area contributed by atoms with E-state index in [9.17, 15) is 39.2 Å². The van der Waals surface area contributed by atoms with E-state index in [1.807, 2.05) is 24.3 Å². The van der Waals surface area contributed by atoms with Crippen molar-refractivity contribution in [2.75, 3.05) is 19.8 Å². The van der Waals surface area contributed by atoms with E-state index in [4.69, 9.17) is 29.6 Å². The van der Waals surface area contributed by atoms with Gasteiger partial charge in [-0.2, -0.15) is 0 Å². The summed E-state index contributed by atoms with van der Waals surface area (Å²) in [6.07, 6.45) is 34.2. The van der Waals surface area contributed by atoms with Crippen LogP contribution in [0.1, 0.15) is 123 Å². The molecule has 62 heavy (non-hydrogen) atoms. The van der Waals surface area contributed by atoms with E-state index in [1.54, 1.807) is 12.2 Å². The summed E-state index contributed by atoms with van der Waals surface area (Å²) in [5.41, 5.74) is 5.32. The first-order chi connectivity index (χ1) is 29.8. The van der Waals surface area contributed by atoms with Gasteiger partial charge in [0.15, 0.2) is 12.4 Å². The molecule has 1 saturated heterocycles. The molecule has 16 heteroatoms. The van der Waals surface area contributed by atoms with Crippen molar-refractivity contribution in [2.45, 2.75) is 160 Å². The standard InChI is InChI=1S/C46H74NO14P/c1-3-5-7-8-9-10-11-12-13-14-15-16-17-18-19-20-26-30-44(51)60-38(35-58-62(55,56)59-36-40(47)46(53)54)34-57-43(50)29-25-22-21-24-28-39-41(49)33-45(52)61-42(39)32-31-37(48)27-23-6-4-2/h5,7,9-10,12-13,15-16,18-19,21,24,31-32,37-42,45,48-49,52H,3-4,6,8,11,14,17,20,22-23,25-30,33-36,47H2,1-2H3,(H,53,54)(H,55,56)/b7-5-,10-9-,13-12-,16-15-,19-18-,24-21-,32-31+/t37-,38+,39-,40-,41-,42+,45?/m0/s1. The van der Waals surface area contributed by atoms with Crippen molar-refractivity contribution < 1.29 is 67.5 Å². The number of phosphoric ester groups is 1. The maximum atomic E-state index is 12.7. The number of carboxylic acids is 1. The summed E-state index contributed by atoms with van der Waals surface area (Å²) in [5, 5.41) is 39.8. The van der Waals surface area contributed by atoms with E-state index in [0.29, 0.717) is 38.5 Å². The summed E-state index contributed by atoms with van der Waals surface area (Å²) in [7, 11) is -4.81. The van der Waals surface area contributed by atoms with E-state index < -0.39 is 82.3 Å². The van der Waals surface area contributed by atoms with Crippen LogP contribution in [0.5, 0.6) is 0 Å². The monoisotopic (exact) mass is 895 g/mol. The largest absolute Gasteiger partial charge is 0.480 e. The van der Waals surface area contributed by atoms with Crippen molar-refractivity contribution in [3.63, 3.8) is 0 Å². The van der Waals surface area contributed by atoms with Crippen LogP contribution in [-0.4, -0.2) is 99.8 Å². The molecule has 8 atom stereocenters. The summed E-state index contributed by atoms with van der Waals surface area (Å²) >= 11 is 0. The first kappa shape index (κ1) is 56.5. The Balaban J connectivity index is 2.58. The zero-order valence-corrected chi connectivity index (χ0v) is 37.6. The molecule has 0 aromatic heterocycles. The number of esters is 2. The number of rotatable bonds is 35. The first-order valence-corrected chi connectivity index (χ1v) is 23.5. The lowest BCUT2D eigenvalue weighted by atomic mass is 9.87. The zero-order valence-electron chi connectivity index (χ0n) is 36.7. The normalized spacial score (nSPS) is 21.2. The number of carbonyl (C=O) groups excluding carboxylic acids is 2. The maximum Gasteiger partial charge on any atom is 0.472 e. The molecule has 0 aromatic rings. The van der Waals surface area contributed by atoms with E-state index in [1.165, 1.54) is 0 Å². The van der Waals surface area contributed by atoms with Crippen molar-refractivity contribution in [1.29, 1.82) is 0 Å². The van der Waals surface area contributed by atoms with Crippen molar-refractivity contribution >= 4 is 25.7 Å². The van der Waals surface area contributed by atoms with Gasteiger partial charge in [0.1, 0.15) is 12.6 Å². The van der Waals surface area contributed by atoms with E-state index in [-0.39, 0.29) is 25.2 Å². The van der Waals surface area contributed by atoms with Gasteiger partial charge < -0.3 is 45.3 Å². The zero-order chi connectivity index (χ0) is 45.9. The van der Waals surface area contributed by atoms with Crippen LogP contribution in [0, 0.1) is 5.92 Å². The van der Waals surface area contributed by atoms with Gasteiger partial charge in [0.25, 0.3) is 0 Å². The second-order valence-corrected chi connectivity index (χ2v) is 16.4. The first-order valence-electron chi connectivity index (χ1n) is 22.0. The van der Waals surface area contributed by atoms with Crippen LogP contribution in [0.2, 0.25) is 0 Å². The molecule has 1 fully saturated rings. The molecule has 0 aliphatic carbocycles. The second kappa shape index (κ2) is 35.9. The van der Waals surface area contributed by atoms with E-state index in [0.717, 1.165) is 51.4 Å². The van der Waals surface area contributed by atoms with Crippen molar-refractivity contribution in [3.8, 4) is 0 Å². The van der Waals surface area contributed by atoms with Crippen molar-refractivity contribution in [3.05, 3.63) is 85.1 Å². The molecule has 7 N–H and O–H groups in total. The Morgan fingerprint density at radius 2 is 1.34 bits per heavy atom. The fourth-order valence-corrected chi connectivity index (χ4v) is 6.68. The van der Waals surface area contributed by atoms with Crippen LogP contribution in [0.3, 0.4) is 0 Å². The lowest BCUT2D eigenvalue weighted by Crippen LogP contribution is -2.43. The predicted octanol–water partition coefficient (Wildman–Crippen LogP) is 7.61. The molecule has 0 spiro atoms. The topological polar surface area (TPSA) is 242 Å². The van der Waals surface area contributed by atoms with Crippen LogP contribution in [-0.2, 0) is 42.2 Å². The Morgan fingerprint density at radius 1 is 0.774 bits per heavy atom. The summed E-state index contributed by atoms with van der Waals surface area (Å²) < 4.78 is 38.2. The lowest BCUT2D eigenvalue weighted by Gasteiger charge is -2.36. The highest BCUT2D eigenvalue weighted by Gasteiger charge is 2.35. The van der Waals surface area contributed by atoms with Gasteiger partial charge in [-0.3, -0.25) is 23.4 Å². The summed E-state index contributed by atoms with van der Waals surface area (Å²) in [6.45, 7) is 2.22. The molecule has 1 rings (SSSR count). The number of hydrogen-bond acceptors (Lipinski definition) is 13. The third kappa shape index (κ3) is 30.5. The Kier molecular flexibility index (Phi) is 32.7. The lowest BCUT2D eigenvalue weighted by molar-refractivity contribution is -0.199. The van der Waals surface area contributed by atoms with Gasteiger partial charge in [-0.15, -0.1) is 0 Å². The number of unbranched alkanes of at least 4 members (excludes halogenated alkanes) is 4. The molecule has 1 heterocycles. The number of carboxylic acid groups (broad SMARTS) is 1. The third-order valence-corrected chi connectivity index (χ3v) is 10.4. The molecule has 1 aliphatic rings. The van der Waals surface area contributed by atoms with Crippen molar-refractivity contribution in [1.82, 2.24) is 0 Å². The number of carbonyl (C=O) groups is 3. The Labute approximate surface area is 368 Å². The number of aliphatic hydroxyl groups is 3. The molecule has 2 unspecified atom stereocenters.